The van der Waals surface area contributed by atoms with Crippen LogP contribution in [0.5, 0.6) is 5.19 Å². The van der Waals surface area contributed by atoms with Gasteiger partial charge in [-0.3, -0.25) is 4.79 Å². The van der Waals surface area contributed by atoms with Crippen LogP contribution < -0.4 is 9.64 Å². The molecule has 4 aromatic rings. The standard InChI is InChI=1S/C28H28N2O2S/c1-19-13-15-20(16-14-19)28(4)18-27(2,3)30(23-11-7-5-9-21(23)28)25(31)17-32-26-29-22-10-6-8-12-24(22)33-26/h5-16H,17-18H2,1-4H3/t28-/m0/s1. The lowest BCUT2D eigenvalue weighted by atomic mass is 9.65. The van der Waals surface area contributed by atoms with Gasteiger partial charge in [0.1, 0.15) is 0 Å². The molecule has 0 N–H and O–H groups in total. The number of ether oxygens (including phenoxy) is 1. The van der Waals surface area contributed by atoms with E-state index >= 15 is 0 Å². The Balaban J connectivity index is 1.47. The van der Waals surface area contributed by atoms with E-state index in [-0.39, 0.29) is 23.5 Å². The van der Waals surface area contributed by atoms with Gasteiger partial charge < -0.3 is 9.64 Å². The Kier molecular flexibility index (Phi) is 5.25. The molecule has 0 spiro atoms. The molecule has 5 rings (SSSR count). The normalized spacial score (nSPS) is 19.3. The zero-order valence-electron chi connectivity index (χ0n) is 19.5. The van der Waals surface area contributed by atoms with Crippen LogP contribution in [0.3, 0.4) is 0 Å². The minimum atomic E-state index is -0.387. The maximum atomic E-state index is 13.5. The highest BCUT2D eigenvalue weighted by Crippen LogP contribution is 2.50. The maximum absolute atomic E-state index is 13.5. The summed E-state index contributed by atoms with van der Waals surface area (Å²) in [6, 6.07) is 24.9. The van der Waals surface area contributed by atoms with E-state index in [2.05, 4.69) is 75.1 Å². The molecule has 1 aromatic heterocycles. The van der Waals surface area contributed by atoms with Crippen LogP contribution in [0.15, 0.2) is 72.8 Å². The third-order valence-corrected chi connectivity index (χ3v) is 7.61. The van der Waals surface area contributed by atoms with Gasteiger partial charge in [0.25, 0.3) is 11.1 Å². The molecule has 2 heterocycles. The quantitative estimate of drug-likeness (QED) is 0.352. The summed E-state index contributed by atoms with van der Waals surface area (Å²) in [7, 11) is 0. The van der Waals surface area contributed by atoms with E-state index in [1.165, 1.54) is 28.0 Å². The fourth-order valence-electron chi connectivity index (χ4n) is 5.25. The third kappa shape index (κ3) is 3.80. The van der Waals surface area contributed by atoms with Gasteiger partial charge in [-0.05, 0) is 56.5 Å². The highest BCUT2D eigenvalue weighted by molar-refractivity contribution is 7.20. The second kappa shape index (κ2) is 7.99. The summed E-state index contributed by atoms with van der Waals surface area (Å²) in [5.74, 6) is -0.0577. The number of benzene rings is 3. The van der Waals surface area contributed by atoms with E-state index in [0.717, 1.165) is 22.3 Å². The summed E-state index contributed by atoms with van der Waals surface area (Å²) in [4.78, 5) is 20.0. The molecule has 0 saturated carbocycles. The second-order valence-corrected chi connectivity index (χ2v) is 10.7. The maximum Gasteiger partial charge on any atom is 0.274 e. The fraction of sp³-hybridized carbons (Fsp3) is 0.286. The molecule has 4 nitrogen and oxygen atoms in total. The molecule has 1 aliphatic rings. The summed E-state index contributed by atoms with van der Waals surface area (Å²) < 4.78 is 6.93. The Bertz CT molecular complexity index is 1290. The van der Waals surface area contributed by atoms with Gasteiger partial charge in [-0.15, -0.1) is 0 Å². The van der Waals surface area contributed by atoms with Crippen LogP contribution in [0.2, 0.25) is 0 Å². The van der Waals surface area contributed by atoms with Crippen molar-refractivity contribution in [1.82, 2.24) is 4.98 Å². The number of thiazole rings is 1. The first-order chi connectivity index (χ1) is 15.8. The number of carbonyl (C=O) groups is 1. The van der Waals surface area contributed by atoms with E-state index in [9.17, 15) is 4.79 Å². The van der Waals surface area contributed by atoms with Gasteiger partial charge in [0.15, 0.2) is 6.61 Å². The van der Waals surface area contributed by atoms with Crippen LogP contribution in [-0.4, -0.2) is 23.0 Å². The zero-order valence-corrected chi connectivity index (χ0v) is 20.3. The highest BCUT2D eigenvalue weighted by atomic mass is 32.1. The van der Waals surface area contributed by atoms with E-state index in [1.807, 2.05) is 35.2 Å². The summed E-state index contributed by atoms with van der Waals surface area (Å²) in [6.07, 6.45) is 0.812. The first-order valence-electron chi connectivity index (χ1n) is 11.3. The number of fused-ring (bicyclic) bond motifs is 2. The van der Waals surface area contributed by atoms with Crippen LogP contribution in [0.1, 0.15) is 43.9 Å². The number of hydrogen-bond donors (Lipinski definition) is 0. The van der Waals surface area contributed by atoms with Crippen LogP contribution in [0, 0.1) is 6.92 Å². The Hall–Kier alpha value is -3.18. The third-order valence-electron chi connectivity index (χ3n) is 6.66. The molecule has 168 valence electrons. The molecule has 0 aliphatic carbocycles. The summed E-state index contributed by atoms with van der Waals surface area (Å²) >= 11 is 1.47. The van der Waals surface area contributed by atoms with Gasteiger partial charge >= 0.3 is 0 Å². The van der Waals surface area contributed by atoms with Gasteiger partial charge in [-0.1, -0.05) is 78.4 Å². The summed E-state index contributed by atoms with van der Waals surface area (Å²) in [6.45, 7) is 8.64. The first kappa shape index (κ1) is 21.7. The molecule has 33 heavy (non-hydrogen) atoms. The molecule has 5 heteroatoms. The molecule has 1 atom stereocenters. The predicted octanol–water partition coefficient (Wildman–Crippen LogP) is 6.51. The van der Waals surface area contributed by atoms with Gasteiger partial charge in [0.05, 0.1) is 10.2 Å². The van der Waals surface area contributed by atoms with Crippen LogP contribution in [0.25, 0.3) is 10.2 Å². The Morgan fingerprint density at radius 1 is 1.00 bits per heavy atom. The monoisotopic (exact) mass is 456 g/mol. The Morgan fingerprint density at radius 3 is 2.45 bits per heavy atom. The number of aromatic nitrogens is 1. The number of para-hydroxylation sites is 2. The number of hydrogen-bond acceptors (Lipinski definition) is 4. The average Bonchev–Trinajstić information content (AvgIpc) is 3.20. The summed E-state index contributed by atoms with van der Waals surface area (Å²) in [5.41, 5.74) is 4.94. The number of amides is 1. The average molecular weight is 457 g/mol. The lowest BCUT2D eigenvalue weighted by Gasteiger charge is -2.51. The molecule has 0 unspecified atom stereocenters. The minimum Gasteiger partial charge on any atom is -0.460 e. The van der Waals surface area contributed by atoms with Crippen molar-refractivity contribution in [3.63, 3.8) is 0 Å². The minimum absolute atomic E-state index is 0.0428. The number of nitrogens with zero attached hydrogens (tertiary/aromatic N) is 2. The van der Waals surface area contributed by atoms with Crippen molar-refractivity contribution in [2.45, 2.75) is 45.1 Å². The van der Waals surface area contributed by atoms with E-state index in [0.29, 0.717) is 5.19 Å². The smallest absolute Gasteiger partial charge is 0.274 e. The van der Waals surface area contributed by atoms with Crippen molar-refractivity contribution < 1.29 is 9.53 Å². The lowest BCUT2D eigenvalue weighted by Crippen LogP contribution is -2.57. The number of rotatable bonds is 4. The van der Waals surface area contributed by atoms with E-state index in [1.54, 1.807) is 0 Å². The zero-order chi connectivity index (χ0) is 23.2. The Morgan fingerprint density at radius 2 is 1.70 bits per heavy atom. The summed E-state index contributed by atoms with van der Waals surface area (Å²) in [5, 5.41) is 0.525. The predicted molar refractivity (Wildman–Crippen MR) is 135 cm³/mol. The van der Waals surface area contributed by atoms with E-state index < -0.39 is 0 Å². The second-order valence-electron chi connectivity index (χ2n) is 9.67. The first-order valence-corrected chi connectivity index (χ1v) is 12.1. The fourth-order valence-corrected chi connectivity index (χ4v) is 6.07. The number of carbonyl (C=O) groups excluding carboxylic acids is 1. The van der Waals surface area contributed by atoms with Crippen molar-refractivity contribution in [2.75, 3.05) is 11.5 Å². The number of aryl methyl sites for hydroxylation is 1. The number of anilines is 1. The Labute approximate surface area is 198 Å². The van der Waals surface area contributed by atoms with Crippen LogP contribution >= 0.6 is 11.3 Å². The molecular formula is C28H28N2O2S. The van der Waals surface area contributed by atoms with Gasteiger partial charge in [0.2, 0.25) is 0 Å². The molecule has 1 aliphatic heterocycles. The van der Waals surface area contributed by atoms with Crippen LogP contribution in [-0.2, 0) is 10.2 Å². The molecule has 0 bridgehead atoms. The molecule has 3 aromatic carbocycles. The van der Waals surface area contributed by atoms with Crippen molar-refractivity contribution >= 4 is 33.1 Å². The highest BCUT2D eigenvalue weighted by Gasteiger charge is 2.47. The van der Waals surface area contributed by atoms with Gasteiger partial charge in [-0.2, -0.15) is 0 Å². The van der Waals surface area contributed by atoms with Gasteiger partial charge in [0, 0.05) is 16.6 Å². The molecule has 0 saturated heterocycles. The van der Waals surface area contributed by atoms with Crippen LogP contribution in [0.4, 0.5) is 5.69 Å². The van der Waals surface area contributed by atoms with Crippen molar-refractivity contribution in [2.24, 2.45) is 0 Å². The van der Waals surface area contributed by atoms with Crippen molar-refractivity contribution in [1.29, 1.82) is 0 Å². The topological polar surface area (TPSA) is 42.4 Å². The largest absolute Gasteiger partial charge is 0.460 e. The van der Waals surface area contributed by atoms with Gasteiger partial charge in [-0.25, -0.2) is 4.98 Å². The molecule has 0 fully saturated rings. The lowest BCUT2D eigenvalue weighted by molar-refractivity contribution is -0.121. The van der Waals surface area contributed by atoms with E-state index in [4.69, 9.17) is 4.74 Å². The SMILES string of the molecule is Cc1ccc([C@]2(C)CC(C)(C)N(C(=O)COc3nc4ccccc4s3)c3ccccc32)cc1. The molecule has 0 radical (unpaired) electrons. The molecule has 1 amide bonds. The molecular weight excluding hydrogens is 428 g/mol. The van der Waals surface area contributed by atoms with Crippen molar-refractivity contribution in [3.8, 4) is 5.19 Å². The van der Waals surface area contributed by atoms with Crippen molar-refractivity contribution in [3.05, 3.63) is 89.5 Å².